The number of phenols is 1. The average Bonchev–Trinajstić information content (AvgIpc) is 2.53. The number of aromatic hydroxyl groups is 1. The van der Waals surface area contributed by atoms with E-state index in [0.717, 1.165) is 17.7 Å². The fourth-order valence-corrected chi connectivity index (χ4v) is 2.71. The maximum atomic E-state index is 12.3. The van der Waals surface area contributed by atoms with Gasteiger partial charge in [0.05, 0.1) is 18.2 Å². The highest BCUT2D eigenvalue weighted by Crippen LogP contribution is 2.41. The van der Waals surface area contributed by atoms with Gasteiger partial charge in [-0.2, -0.15) is 0 Å². The van der Waals surface area contributed by atoms with Crippen LogP contribution in [0.15, 0.2) is 29.9 Å². The normalized spacial score (nSPS) is 13.9. The zero-order chi connectivity index (χ0) is 18.7. The molecule has 0 heterocycles. The van der Waals surface area contributed by atoms with E-state index in [4.69, 9.17) is 9.47 Å². The van der Waals surface area contributed by atoms with E-state index >= 15 is 0 Å². The summed E-state index contributed by atoms with van der Waals surface area (Å²) >= 11 is 0. The van der Waals surface area contributed by atoms with Gasteiger partial charge in [0.25, 0.3) is 0 Å². The average molecular weight is 344 g/mol. The molecular weight excluding hydrogens is 324 g/mol. The van der Waals surface area contributed by atoms with Gasteiger partial charge in [0, 0.05) is 18.9 Å². The smallest absolute Gasteiger partial charge is 0.303 e. The summed E-state index contributed by atoms with van der Waals surface area (Å²) in [4.78, 5) is 35.8. The molecule has 132 valence electrons. The van der Waals surface area contributed by atoms with E-state index in [1.54, 1.807) is 0 Å². The number of rotatable bonds is 5. The van der Waals surface area contributed by atoms with Crippen molar-refractivity contribution in [2.24, 2.45) is 0 Å². The van der Waals surface area contributed by atoms with Crippen LogP contribution in [-0.2, 0) is 9.53 Å². The number of ether oxygens (including phenoxy) is 2. The maximum Gasteiger partial charge on any atom is 0.303 e. The Bertz CT molecular complexity index is 797. The largest absolute Gasteiger partial charge is 0.507 e. The highest BCUT2D eigenvalue weighted by atomic mass is 16.5. The molecule has 0 bridgehead atoms. The summed E-state index contributed by atoms with van der Waals surface area (Å²) in [5.74, 6) is -1.65. The second-order valence-corrected chi connectivity index (χ2v) is 5.95. The first kappa shape index (κ1) is 18.4. The molecule has 6 heteroatoms. The van der Waals surface area contributed by atoms with Gasteiger partial charge in [0.15, 0.2) is 11.6 Å². The Hall–Kier alpha value is -2.89. The van der Waals surface area contributed by atoms with Crippen molar-refractivity contribution in [3.05, 3.63) is 46.6 Å². The number of phenolic OH excluding ortho intramolecular Hbond substituents is 1. The third kappa shape index (κ3) is 3.79. The number of hydrogen-bond acceptors (Lipinski definition) is 6. The Kier molecular flexibility index (Phi) is 5.41. The zero-order valence-corrected chi connectivity index (χ0v) is 14.6. The summed E-state index contributed by atoms with van der Waals surface area (Å²) in [5.41, 5.74) is 1.24. The van der Waals surface area contributed by atoms with E-state index in [2.05, 4.69) is 0 Å². The van der Waals surface area contributed by atoms with Gasteiger partial charge in [0.1, 0.15) is 17.6 Å². The molecule has 0 amide bonds. The van der Waals surface area contributed by atoms with Crippen LogP contribution in [0.1, 0.15) is 59.6 Å². The van der Waals surface area contributed by atoms with E-state index in [-0.39, 0.29) is 22.6 Å². The summed E-state index contributed by atoms with van der Waals surface area (Å²) < 4.78 is 10.7. The number of allylic oxidation sites excluding steroid dienone is 3. The Morgan fingerprint density at radius 3 is 2.28 bits per heavy atom. The number of benzene rings is 1. The molecule has 6 nitrogen and oxygen atoms in total. The Balaban J connectivity index is 2.67. The SMILES string of the molecule is COc1c([C@H](CC=C(C)C)OC(C)=O)cc(O)c2c1C(=O)C=CC2=O. The minimum absolute atomic E-state index is 0.0145. The fourth-order valence-electron chi connectivity index (χ4n) is 2.71. The van der Waals surface area contributed by atoms with E-state index in [0.29, 0.717) is 12.0 Å². The monoisotopic (exact) mass is 344 g/mol. The third-order valence-corrected chi connectivity index (χ3v) is 3.77. The predicted octanol–water partition coefficient (Wildman–Crippen LogP) is 3.30. The van der Waals surface area contributed by atoms with Crippen molar-refractivity contribution in [3.8, 4) is 11.5 Å². The molecule has 0 aromatic heterocycles. The van der Waals surface area contributed by atoms with Gasteiger partial charge in [-0.05, 0) is 32.1 Å². The summed E-state index contributed by atoms with van der Waals surface area (Å²) in [6.07, 6.45) is 3.70. The number of hydrogen-bond donors (Lipinski definition) is 1. The Morgan fingerprint density at radius 1 is 1.16 bits per heavy atom. The minimum atomic E-state index is -0.757. The van der Waals surface area contributed by atoms with Crippen LogP contribution >= 0.6 is 0 Å². The molecule has 2 rings (SSSR count). The number of methoxy groups -OCH3 is 1. The van der Waals surface area contributed by atoms with Gasteiger partial charge in [-0.1, -0.05) is 11.6 Å². The Morgan fingerprint density at radius 2 is 1.76 bits per heavy atom. The van der Waals surface area contributed by atoms with Crippen LogP contribution in [0.3, 0.4) is 0 Å². The van der Waals surface area contributed by atoms with Crippen LogP contribution in [0.25, 0.3) is 0 Å². The molecule has 1 aromatic carbocycles. The molecule has 1 atom stereocenters. The van der Waals surface area contributed by atoms with Crippen molar-refractivity contribution in [2.45, 2.75) is 33.3 Å². The van der Waals surface area contributed by atoms with E-state index in [1.807, 2.05) is 19.9 Å². The quantitative estimate of drug-likeness (QED) is 0.651. The summed E-state index contributed by atoms with van der Waals surface area (Å²) in [6, 6.07) is 1.31. The second-order valence-electron chi connectivity index (χ2n) is 5.95. The van der Waals surface area contributed by atoms with Gasteiger partial charge >= 0.3 is 5.97 Å². The number of carbonyl (C=O) groups excluding carboxylic acids is 3. The number of carbonyl (C=O) groups is 3. The van der Waals surface area contributed by atoms with Crippen molar-refractivity contribution < 1.29 is 29.0 Å². The topological polar surface area (TPSA) is 89.9 Å². The predicted molar refractivity (Wildman–Crippen MR) is 91.0 cm³/mol. The molecule has 0 saturated heterocycles. The van der Waals surface area contributed by atoms with Gasteiger partial charge in [0.2, 0.25) is 0 Å². The standard InChI is InChI=1S/C19H20O6/c1-10(2)5-8-16(25-11(3)20)12-9-15(23)17-13(21)6-7-14(22)18(17)19(12)24-4/h5-7,9,16,23H,8H2,1-4H3/t16-/m0/s1. The molecule has 1 aliphatic rings. The van der Waals surface area contributed by atoms with Crippen molar-refractivity contribution >= 4 is 17.5 Å². The molecule has 25 heavy (non-hydrogen) atoms. The second kappa shape index (κ2) is 7.34. The first-order valence-corrected chi connectivity index (χ1v) is 7.77. The molecule has 0 radical (unpaired) electrons. The minimum Gasteiger partial charge on any atom is -0.507 e. The van der Waals surface area contributed by atoms with Crippen LogP contribution in [0.4, 0.5) is 0 Å². The van der Waals surface area contributed by atoms with Crippen LogP contribution in [0, 0.1) is 0 Å². The maximum absolute atomic E-state index is 12.3. The molecule has 0 unspecified atom stereocenters. The highest BCUT2D eigenvalue weighted by molar-refractivity contribution is 6.24. The lowest BCUT2D eigenvalue weighted by Crippen LogP contribution is -2.17. The van der Waals surface area contributed by atoms with Crippen LogP contribution < -0.4 is 4.74 Å². The zero-order valence-electron chi connectivity index (χ0n) is 14.6. The fraction of sp³-hybridized carbons (Fsp3) is 0.316. The lowest BCUT2D eigenvalue weighted by atomic mass is 9.88. The molecule has 0 fully saturated rings. The summed E-state index contributed by atoms with van der Waals surface area (Å²) in [5, 5.41) is 10.3. The lowest BCUT2D eigenvalue weighted by molar-refractivity contribution is -0.146. The molecule has 0 aliphatic heterocycles. The first-order valence-electron chi connectivity index (χ1n) is 7.77. The van der Waals surface area contributed by atoms with E-state index in [1.165, 1.54) is 20.1 Å². The molecule has 0 spiro atoms. The van der Waals surface area contributed by atoms with Crippen molar-refractivity contribution in [1.29, 1.82) is 0 Å². The molecule has 1 aliphatic carbocycles. The Labute approximate surface area is 145 Å². The number of ketones is 2. The van der Waals surface area contributed by atoms with E-state index in [9.17, 15) is 19.5 Å². The van der Waals surface area contributed by atoms with Gasteiger partial charge in [-0.25, -0.2) is 0 Å². The lowest BCUT2D eigenvalue weighted by Gasteiger charge is -2.23. The molecule has 1 N–H and O–H groups in total. The summed E-state index contributed by atoms with van der Waals surface area (Å²) in [6.45, 7) is 5.08. The highest BCUT2D eigenvalue weighted by Gasteiger charge is 2.32. The van der Waals surface area contributed by atoms with Gasteiger partial charge < -0.3 is 14.6 Å². The van der Waals surface area contributed by atoms with Crippen LogP contribution in [0.2, 0.25) is 0 Å². The van der Waals surface area contributed by atoms with Crippen LogP contribution in [0.5, 0.6) is 11.5 Å². The molecular formula is C19H20O6. The van der Waals surface area contributed by atoms with Gasteiger partial charge in [-0.3, -0.25) is 14.4 Å². The number of esters is 1. The molecule has 0 saturated carbocycles. The van der Waals surface area contributed by atoms with E-state index < -0.39 is 23.6 Å². The number of fused-ring (bicyclic) bond motifs is 1. The molecule has 1 aromatic rings. The van der Waals surface area contributed by atoms with Crippen LogP contribution in [-0.4, -0.2) is 29.8 Å². The van der Waals surface area contributed by atoms with Crippen molar-refractivity contribution in [3.63, 3.8) is 0 Å². The van der Waals surface area contributed by atoms with Gasteiger partial charge in [-0.15, -0.1) is 0 Å². The van der Waals surface area contributed by atoms with Crippen molar-refractivity contribution in [1.82, 2.24) is 0 Å². The summed E-state index contributed by atoms with van der Waals surface area (Å²) in [7, 11) is 1.36. The van der Waals surface area contributed by atoms with Crippen molar-refractivity contribution in [2.75, 3.05) is 7.11 Å². The first-order chi connectivity index (χ1) is 11.8. The third-order valence-electron chi connectivity index (χ3n) is 3.77.